The maximum atomic E-state index is 10.3. The fourth-order valence-corrected chi connectivity index (χ4v) is 3.78. The molecule has 2 saturated heterocycles. The summed E-state index contributed by atoms with van der Waals surface area (Å²) >= 11 is 0. The first-order chi connectivity index (χ1) is 18.3. The van der Waals surface area contributed by atoms with Crippen LogP contribution in [-0.2, 0) is 28.6 Å². The molecule has 0 aromatic heterocycles. The number of hydrogen-bond acceptors (Lipinski definition) is 17. The number of aliphatic carboxylic acids is 1. The summed E-state index contributed by atoms with van der Waals surface area (Å²) in [5.74, 6) is -1.35. The molecule has 2 aliphatic heterocycles. The Labute approximate surface area is 221 Å². The Morgan fingerprint density at radius 3 is 1.92 bits per heavy atom. The number of aliphatic hydroxyl groups excluding tert-OH is 10. The zero-order valence-corrected chi connectivity index (χ0v) is 20.8. The number of rotatable bonds is 14. The van der Waals surface area contributed by atoms with E-state index in [4.69, 9.17) is 24.1 Å². The lowest BCUT2D eigenvalue weighted by molar-refractivity contribution is -0.331. The zero-order chi connectivity index (χ0) is 29.4. The van der Waals surface area contributed by atoms with Crippen molar-refractivity contribution < 1.29 is 84.8 Å². The second-order valence-corrected chi connectivity index (χ2v) is 9.07. The van der Waals surface area contributed by atoms with Crippen LogP contribution < -0.4 is 0 Å². The van der Waals surface area contributed by atoms with Crippen molar-refractivity contribution in [1.82, 2.24) is 0 Å². The molecule has 18 nitrogen and oxygen atoms in total. The molecule has 228 valence electrons. The standard InChI is InChI=1S/C21H37NO17/c1-2-9-14(29)16(31)18(33)21(38-9)36-5-10-15(30)17(32)19(34)20(39-10)35-4-8(24)13(28)12(27)7(23)3-22-37-6-11(25)26/h3,7-10,12-21,23-24,27-34H,2,4-6H2,1H3,(H,25,26)/b22-3+/t7?,8?,9?,10?,12?,13-,14-,15-,16?,17?,18?,19?,20+,21+/m1/s1. The number of aliphatic hydroxyl groups is 10. The molecule has 0 aliphatic carbocycles. The van der Waals surface area contributed by atoms with E-state index in [2.05, 4.69) is 9.99 Å². The highest BCUT2D eigenvalue weighted by atomic mass is 16.7. The van der Waals surface area contributed by atoms with E-state index in [9.17, 15) is 55.9 Å². The minimum atomic E-state index is -2.04. The predicted octanol–water partition coefficient (Wildman–Crippen LogP) is -6.42. The van der Waals surface area contributed by atoms with Gasteiger partial charge in [-0.05, 0) is 6.42 Å². The molecule has 0 radical (unpaired) electrons. The number of ether oxygens (including phenoxy) is 4. The van der Waals surface area contributed by atoms with Gasteiger partial charge in [-0.3, -0.25) is 0 Å². The number of oxime groups is 1. The number of carboxylic acids is 1. The van der Waals surface area contributed by atoms with Crippen molar-refractivity contribution >= 4 is 12.2 Å². The van der Waals surface area contributed by atoms with Gasteiger partial charge in [-0.15, -0.1) is 0 Å². The van der Waals surface area contributed by atoms with Gasteiger partial charge in [0.15, 0.2) is 12.6 Å². The molecule has 0 aromatic carbocycles. The summed E-state index contributed by atoms with van der Waals surface area (Å²) < 4.78 is 21.4. The summed E-state index contributed by atoms with van der Waals surface area (Å²) in [6.07, 6.45) is -22.4. The predicted molar refractivity (Wildman–Crippen MR) is 122 cm³/mol. The molecule has 9 unspecified atom stereocenters. The van der Waals surface area contributed by atoms with Crippen molar-refractivity contribution in [2.45, 2.75) is 99.2 Å². The summed E-state index contributed by atoms with van der Waals surface area (Å²) in [5, 5.41) is 112. The fraction of sp³-hybridized carbons (Fsp3) is 0.905. The van der Waals surface area contributed by atoms with Gasteiger partial charge in [-0.25, -0.2) is 4.79 Å². The average Bonchev–Trinajstić information content (AvgIpc) is 2.91. The lowest BCUT2D eigenvalue weighted by Crippen LogP contribution is -2.61. The smallest absolute Gasteiger partial charge is 0.344 e. The van der Waals surface area contributed by atoms with E-state index >= 15 is 0 Å². The van der Waals surface area contributed by atoms with Crippen LogP contribution in [0.1, 0.15) is 13.3 Å². The van der Waals surface area contributed by atoms with E-state index in [1.165, 1.54) is 0 Å². The quantitative estimate of drug-likeness (QED) is 0.0677. The highest BCUT2D eigenvalue weighted by molar-refractivity contribution is 5.68. The molecular weight excluding hydrogens is 538 g/mol. The molecule has 0 amide bonds. The summed E-state index contributed by atoms with van der Waals surface area (Å²) in [7, 11) is 0. The summed E-state index contributed by atoms with van der Waals surface area (Å²) in [4.78, 5) is 14.6. The maximum absolute atomic E-state index is 10.3. The van der Waals surface area contributed by atoms with Gasteiger partial charge in [0, 0.05) is 0 Å². The van der Waals surface area contributed by atoms with E-state index in [-0.39, 0.29) is 6.42 Å². The Kier molecular flexibility index (Phi) is 13.3. The number of nitrogens with zero attached hydrogens (tertiary/aromatic N) is 1. The van der Waals surface area contributed by atoms with Crippen molar-refractivity contribution in [3.05, 3.63) is 0 Å². The number of carbonyl (C=O) groups is 1. The van der Waals surface area contributed by atoms with E-state index < -0.39 is 112 Å². The van der Waals surface area contributed by atoms with E-state index in [0.717, 1.165) is 0 Å². The first-order valence-corrected chi connectivity index (χ1v) is 12.0. The van der Waals surface area contributed by atoms with Gasteiger partial charge in [-0.1, -0.05) is 12.1 Å². The molecule has 18 heteroatoms. The van der Waals surface area contributed by atoms with Crippen molar-refractivity contribution in [3.63, 3.8) is 0 Å². The molecule has 2 heterocycles. The summed E-state index contributed by atoms with van der Waals surface area (Å²) in [6.45, 7) is -0.528. The molecule has 2 aliphatic rings. The van der Waals surface area contributed by atoms with Crippen molar-refractivity contribution in [1.29, 1.82) is 0 Å². The van der Waals surface area contributed by atoms with Crippen LogP contribution >= 0.6 is 0 Å². The minimum Gasteiger partial charge on any atom is -0.479 e. The average molecular weight is 576 g/mol. The Bertz CT molecular complexity index is 773. The van der Waals surface area contributed by atoms with Crippen molar-refractivity contribution in [2.75, 3.05) is 19.8 Å². The van der Waals surface area contributed by atoms with Gasteiger partial charge in [-0.2, -0.15) is 0 Å². The topological polar surface area (TPSA) is 298 Å². The highest BCUT2D eigenvalue weighted by Gasteiger charge is 2.47. The molecule has 14 atom stereocenters. The minimum absolute atomic E-state index is 0.277. The third kappa shape index (κ3) is 8.93. The summed E-state index contributed by atoms with van der Waals surface area (Å²) in [6, 6.07) is 0. The lowest BCUT2D eigenvalue weighted by atomic mass is 9.97. The first kappa shape index (κ1) is 33.6. The van der Waals surface area contributed by atoms with E-state index in [0.29, 0.717) is 6.21 Å². The third-order valence-corrected chi connectivity index (χ3v) is 6.17. The van der Waals surface area contributed by atoms with E-state index in [1.807, 2.05) is 0 Å². The molecule has 0 saturated carbocycles. The Hall–Kier alpha value is -1.62. The molecular formula is C21H37NO17. The molecule has 2 rings (SSSR count). The molecule has 2 fully saturated rings. The van der Waals surface area contributed by atoms with Gasteiger partial charge in [0.2, 0.25) is 6.61 Å². The van der Waals surface area contributed by atoms with Gasteiger partial charge in [0.25, 0.3) is 0 Å². The third-order valence-electron chi connectivity index (χ3n) is 6.17. The zero-order valence-electron chi connectivity index (χ0n) is 20.8. The molecule has 11 N–H and O–H groups in total. The van der Waals surface area contributed by atoms with E-state index in [1.54, 1.807) is 6.92 Å². The largest absolute Gasteiger partial charge is 0.479 e. The second kappa shape index (κ2) is 15.4. The molecule has 39 heavy (non-hydrogen) atoms. The van der Waals surface area contributed by atoms with Crippen LogP contribution in [-0.4, -0.2) is 174 Å². The van der Waals surface area contributed by atoms with Crippen LogP contribution in [0.2, 0.25) is 0 Å². The maximum Gasteiger partial charge on any atom is 0.344 e. The fourth-order valence-electron chi connectivity index (χ4n) is 3.78. The lowest BCUT2D eigenvalue weighted by Gasteiger charge is -2.43. The van der Waals surface area contributed by atoms with Crippen LogP contribution in [0.5, 0.6) is 0 Å². The van der Waals surface area contributed by atoms with Gasteiger partial charge < -0.3 is 80.0 Å². The van der Waals surface area contributed by atoms with Gasteiger partial charge in [0.05, 0.1) is 25.5 Å². The number of hydrogen-bond donors (Lipinski definition) is 11. The van der Waals surface area contributed by atoms with Crippen LogP contribution in [0.25, 0.3) is 0 Å². The number of carboxylic acid groups (broad SMARTS) is 1. The SMILES string of the molecule is CCC1O[C@H](OCC2O[C@H](OCC(O)[C@@H](O)C(O)C(O)/C=N/OCC(=O)O)C(O)C(O)[C@@H]2O)C(O)C(O)[C@@H]1O. The Morgan fingerprint density at radius 1 is 0.821 bits per heavy atom. The monoisotopic (exact) mass is 575 g/mol. The first-order valence-electron chi connectivity index (χ1n) is 12.0. The molecule has 0 bridgehead atoms. The second-order valence-electron chi connectivity index (χ2n) is 9.07. The molecule has 0 aromatic rings. The Balaban J connectivity index is 1.91. The van der Waals surface area contributed by atoms with Gasteiger partial charge in [0.1, 0.15) is 67.1 Å². The van der Waals surface area contributed by atoms with Gasteiger partial charge >= 0.3 is 5.97 Å². The van der Waals surface area contributed by atoms with Crippen molar-refractivity contribution in [3.8, 4) is 0 Å². The van der Waals surface area contributed by atoms with Crippen LogP contribution in [0.3, 0.4) is 0 Å². The summed E-state index contributed by atoms with van der Waals surface area (Å²) in [5.41, 5.74) is 0. The normalized spacial score (nSPS) is 38.7. The van der Waals surface area contributed by atoms with Crippen LogP contribution in [0.4, 0.5) is 0 Å². The van der Waals surface area contributed by atoms with Crippen molar-refractivity contribution in [2.24, 2.45) is 5.16 Å². The highest BCUT2D eigenvalue weighted by Crippen LogP contribution is 2.27. The Morgan fingerprint density at radius 2 is 1.36 bits per heavy atom. The van der Waals surface area contributed by atoms with Crippen LogP contribution in [0, 0.1) is 0 Å². The van der Waals surface area contributed by atoms with Crippen LogP contribution in [0.15, 0.2) is 5.16 Å². The molecule has 0 spiro atoms.